The van der Waals surface area contributed by atoms with Gasteiger partial charge >= 0.3 is 0 Å². The van der Waals surface area contributed by atoms with E-state index in [0.29, 0.717) is 68.5 Å². The molecule has 0 unspecified atom stereocenters. The molecule has 3 N–H and O–H groups in total. The predicted octanol–water partition coefficient (Wildman–Crippen LogP) is 6.92. The predicted molar refractivity (Wildman–Crippen MR) is 178 cm³/mol. The Bertz CT molecular complexity index is 1260. The summed E-state index contributed by atoms with van der Waals surface area (Å²) in [5, 5.41) is 32.6. The zero-order valence-corrected chi connectivity index (χ0v) is 28.5. The molecule has 3 aromatic carbocycles. The lowest BCUT2D eigenvalue weighted by molar-refractivity contribution is 0.126. The number of benzene rings is 3. The van der Waals surface area contributed by atoms with Gasteiger partial charge in [-0.15, -0.1) is 12.6 Å². The molecule has 0 aromatic heterocycles. The number of hydrogen-bond donors (Lipinski definition) is 4. The zero-order valence-electron chi connectivity index (χ0n) is 27.6. The van der Waals surface area contributed by atoms with Crippen molar-refractivity contribution in [2.45, 2.75) is 91.5 Å². The van der Waals surface area contributed by atoms with Crippen LogP contribution in [0.15, 0.2) is 41.3 Å². The molecular weight excluding hydrogens is 592 g/mol. The molecule has 0 fully saturated rings. The molecule has 0 heterocycles. The summed E-state index contributed by atoms with van der Waals surface area (Å²) in [6, 6.07) is 11.9. The summed E-state index contributed by atoms with van der Waals surface area (Å²) in [7, 11) is 0. The highest BCUT2D eigenvalue weighted by Gasteiger charge is 2.35. The van der Waals surface area contributed by atoms with E-state index in [4.69, 9.17) is 36.3 Å². The Kier molecular flexibility index (Phi) is 14.7. The summed E-state index contributed by atoms with van der Waals surface area (Å²) < 4.78 is 29.0. The van der Waals surface area contributed by atoms with Gasteiger partial charge in [-0.2, -0.15) is 0 Å². The molecule has 0 aliphatic rings. The Hall–Kier alpha value is -2.63. The second kappa shape index (κ2) is 17.9. The fourth-order valence-electron chi connectivity index (χ4n) is 5.38. The molecule has 0 spiro atoms. The van der Waals surface area contributed by atoms with Crippen molar-refractivity contribution in [2.75, 3.05) is 33.0 Å². The number of thiol groups is 1. The smallest absolute Gasteiger partial charge is 0.126 e. The number of rotatable bonds is 19. The first-order valence-electron chi connectivity index (χ1n) is 15.7. The molecule has 0 saturated heterocycles. The van der Waals surface area contributed by atoms with Crippen LogP contribution in [0.25, 0.3) is 0 Å². The lowest BCUT2D eigenvalue weighted by Crippen LogP contribution is -2.27. The zero-order chi connectivity index (χ0) is 33.0. The third-order valence-electron chi connectivity index (χ3n) is 8.01. The van der Waals surface area contributed by atoms with E-state index in [0.717, 1.165) is 32.7 Å². The van der Waals surface area contributed by atoms with Crippen LogP contribution in [0.3, 0.4) is 0 Å². The Morgan fingerprint density at radius 3 is 1.09 bits per heavy atom. The standard InChI is InChI=1S/C36H50O8S/c1-7-40-19-25-13-30(12-24(18-37)33(25)38)36(6,31-14-26(20-41-8-2)34(39)27(15-31)21-42-9-3)32-16-28(22-43-10-4)35(45)29(17-32)23-44-11-5/h12-17,37-39,45H,7-11,18-23H2,1-6H3/t36-/m1/s1. The average Bonchev–Trinajstić information content (AvgIpc) is 3.05. The van der Waals surface area contributed by atoms with E-state index in [2.05, 4.69) is 19.1 Å². The van der Waals surface area contributed by atoms with Gasteiger partial charge in [0.2, 0.25) is 0 Å². The van der Waals surface area contributed by atoms with Gasteiger partial charge < -0.3 is 39.0 Å². The Labute approximate surface area is 273 Å². The normalized spacial score (nSPS) is 12.9. The largest absolute Gasteiger partial charge is 0.507 e. The summed E-state index contributed by atoms with van der Waals surface area (Å²) >= 11 is 4.89. The van der Waals surface area contributed by atoms with Gasteiger partial charge in [-0.3, -0.25) is 0 Å². The molecule has 8 nitrogen and oxygen atoms in total. The maximum atomic E-state index is 11.3. The first kappa shape index (κ1) is 36.8. The molecule has 3 aromatic rings. The Morgan fingerprint density at radius 2 is 0.778 bits per heavy atom. The molecule has 0 saturated carbocycles. The highest BCUT2D eigenvalue weighted by atomic mass is 32.1. The summed E-state index contributed by atoms with van der Waals surface area (Å²) in [5.74, 6) is 0.151. The molecule has 0 aliphatic carbocycles. The molecule has 0 amide bonds. The minimum absolute atomic E-state index is 0.0107. The van der Waals surface area contributed by atoms with Gasteiger partial charge in [-0.25, -0.2) is 0 Å². The Balaban J connectivity index is 2.47. The van der Waals surface area contributed by atoms with E-state index in [9.17, 15) is 15.3 Å². The van der Waals surface area contributed by atoms with E-state index in [-0.39, 0.29) is 37.9 Å². The van der Waals surface area contributed by atoms with E-state index < -0.39 is 5.41 Å². The van der Waals surface area contributed by atoms with Gasteiger partial charge in [0.15, 0.2) is 0 Å². The van der Waals surface area contributed by atoms with Crippen LogP contribution in [0.2, 0.25) is 0 Å². The highest BCUT2D eigenvalue weighted by Crippen LogP contribution is 2.45. The molecule has 1 atom stereocenters. The number of hydrogen-bond acceptors (Lipinski definition) is 9. The summed E-state index contributed by atoms with van der Waals surface area (Å²) in [6.45, 7) is 15.3. The van der Waals surface area contributed by atoms with Gasteiger partial charge in [0.05, 0.1) is 39.6 Å². The lowest BCUT2D eigenvalue weighted by Gasteiger charge is -2.35. The number of phenols is 2. The Morgan fingerprint density at radius 1 is 0.511 bits per heavy atom. The van der Waals surface area contributed by atoms with Crippen LogP contribution in [-0.4, -0.2) is 48.4 Å². The molecule has 248 valence electrons. The second-order valence-corrected chi connectivity index (χ2v) is 11.3. The van der Waals surface area contributed by atoms with E-state index in [1.807, 2.05) is 58.9 Å². The van der Waals surface area contributed by atoms with E-state index in [1.165, 1.54) is 0 Å². The maximum absolute atomic E-state index is 11.3. The minimum atomic E-state index is -0.863. The van der Waals surface area contributed by atoms with Crippen LogP contribution in [0.1, 0.15) is 91.6 Å². The summed E-state index contributed by atoms with van der Waals surface area (Å²) in [6.07, 6.45) is 0. The fraction of sp³-hybridized carbons (Fsp3) is 0.500. The van der Waals surface area contributed by atoms with Crippen molar-refractivity contribution in [1.29, 1.82) is 0 Å². The van der Waals surface area contributed by atoms with Gasteiger partial charge in [0.1, 0.15) is 11.5 Å². The van der Waals surface area contributed by atoms with Gasteiger partial charge in [-0.1, -0.05) is 12.1 Å². The maximum Gasteiger partial charge on any atom is 0.126 e. The minimum Gasteiger partial charge on any atom is -0.507 e. The van der Waals surface area contributed by atoms with Crippen molar-refractivity contribution in [1.82, 2.24) is 0 Å². The van der Waals surface area contributed by atoms with Gasteiger partial charge in [-0.05, 0) is 93.6 Å². The lowest BCUT2D eigenvalue weighted by atomic mass is 9.69. The van der Waals surface area contributed by atoms with Crippen LogP contribution in [-0.2, 0) is 68.7 Å². The molecule has 0 radical (unpaired) electrons. The number of ether oxygens (including phenoxy) is 5. The molecule has 45 heavy (non-hydrogen) atoms. The number of aliphatic hydroxyl groups is 1. The average molecular weight is 643 g/mol. The van der Waals surface area contributed by atoms with Crippen molar-refractivity contribution in [3.8, 4) is 11.5 Å². The van der Waals surface area contributed by atoms with Crippen LogP contribution in [0.5, 0.6) is 11.5 Å². The van der Waals surface area contributed by atoms with Crippen LogP contribution < -0.4 is 0 Å². The van der Waals surface area contributed by atoms with Crippen molar-refractivity contribution >= 4 is 12.6 Å². The molecule has 0 aliphatic heterocycles. The van der Waals surface area contributed by atoms with E-state index in [1.54, 1.807) is 0 Å². The number of phenolic OH excluding ortho intramolecular Hbond substituents is 1. The molecule has 9 heteroatoms. The van der Waals surface area contributed by atoms with Crippen LogP contribution >= 0.6 is 12.6 Å². The first-order valence-corrected chi connectivity index (χ1v) is 16.2. The fourth-order valence-corrected chi connectivity index (χ4v) is 5.64. The number of aliphatic hydroxyl groups excluding tert-OH is 1. The van der Waals surface area contributed by atoms with Crippen LogP contribution in [0, 0.1) is 0 Å². The van der Waals surface area contributed by atoms with Crippen LogP contribution in [0.4, 0.5) is 0 Å². The third kappa shape index (κ3) is 8.80. The van der Waals surface area contributed by atoms with Gasteiger partial charge in [0.25, 0.3) is 0 Å². The second-order valence-electron chi connectivity index (χ2n) is 10.9. The molecular formula is C36H50O8S. The summed E-state index contributed by atoms with van der Waals surface area (Å²) in [4.78, 5) is 0.807. The quantitative estimate of drug-likeness (QED) is 0.0826. The van der Waals surface area contributed by atoms with Crippen molar-refractivity contribution in [3.63, 3.8) is 0 Å². The van der Waals surface area contributed by atoms with Crippen molar-refractivity contribution in [3.05, 3.63) is 86.5 Å². The summed E-state index contributed by atoms with van der Waals surface area (Å²) in [5.41, 5.74) is 5.84. The molecule has 0 bridgehead atoms. The van der Waals surface area contributed by atoms with E-state index >= 15 is 0 Å². The molecule has 3 rings (SSSR count). The van der Waals surface area contributed by atoms with Crippen molar-refractivity contribution in [2.24, 2.45) is 0 Å². The first-order chi connectivity index (χ1) is 21.7. The monoisotopic (exact) mass is 642 g/mol. The highest BCUT2D eigenvalue weighted by molar-refractivity contribution is 7.80. The topological polar surface area (TPSA) is 107 Å². The SMILES string of the molecule is CCOCc1cc([C@](C)(c2cc(COCC)c(O)c(COCC)c2)c2cc(COCC)c(S)c(COCC)c2)cc(CO)c1O. The third-order valence-corrected chi connectivity index (χ3v) is 8.59. The van der Waals surface area contributed by atoms with Crippen molar-refractivity contribution < 1.29 is 39.0 Å². The number of aromatic hydroxyl groups is 2. The van der Waals surface area contributed by atoms with Gasteiger partial charge in [0, 0.05) is 65.6 Å².